The average Bonchev–Trinajstić information content (AvgIpc) is 3.78. The molecule has 0 saturated heterocycles. The fourth-order valence-electron chi connectivity index (χ4n) is 9.42. The highest BCUT2D eigenvalue weighted by atomic mass is 32.1. The first kappa shape index (κ1) is 35.2. The van der Waals surface area contributed by atoms with Crippen molar-refractivity contribution in [3.05, 3.63) is 223 Å². The first-order chi connectivity index (χ1) is 29.0. The van der Waals surface area contributed by atoms with Gasteiger partial charge in [0.25, 0.3) is 0 Å². The van der Waals surface area contributed by atoms with Crippen molar-refractivity contribution in [3.8, 4) is 55.6 Å². The van der Waals surface area contributed by atoms with Crippen LogP contribution in [0.5, 0.6) is 0 Å². The second-order valence-electron chi connectivity index (χ2n) is 16.1. The maximum absolute atomic E-state index is 2.47. The third-order valence-electron chi connectivity index (χ3n) is 12.3. The van der Waals surface area contributed by atoms with Crippen molar-refractivity contribution < 1.29 is 0 Å². The van der Waals surface area contributed by atoms with E-state index in [4.69, 9.17) is 0 Å². The molecule has 59 heavy (non-hydrogen) atoms. The van der Waals surface area contributed by atoms with E-state index in [0.29, 0.717) is 0 Å². The lowest BCUT2D eigenvalue weighted by Gasteiger charge is -2.30. The Labute approximate surface area is 350 Å². The number of anilines is 3. The molecule has 1 aliphatic carbocycles. The summed E-state index contributed by atoms with van der Waals surface area (Å²) in [6.45, 7) is 4.69. The van der Waals surface area contributed by atoms with Crippen LogP contribution in [0, 0.1) is 0 Å². The normalized spacial score (nSPS) is 12.7. The van der Waals surface area contributed by atoms with E-state index >= 15 is 0 Å². The molecule has 9 aromatic carbocycles. The van der Waals surface area contributed by atoms with Gasteiger partial charge in [-0.3, -0.25) is 0 Å². The molecule has 0 amide bonds. The third-order valence-corrected chi connectivity index (χ3v) is 13.5. The quantitative estimate of drug-likeness (QED) is 0.156. The molecule has 0 N–H and O–H groups in total. The smallest absolute Gasteiger partial charge is 0.0546 e. The van der Waals surface area contributed by atoms with E-state index in [-0.39, 0.29) is 5.41 Å². The van der Waals surface area contributed by atoms with Crippen molar-refractivity contribution in [2.24, 2.45) is 0 Å². The Bertz CT molecular complexity index is 3170. The summed E-state index contributed by atoms with van der Waals surface area (Å²) in [5, 5.41) is 2.57. The predicted octanol–water partition coefficient (Wildman–Crippen LogP) is 16.5. The Kier molecular flexibility index (Phi) is 8.43. The van der Waals surface area contributed by atoms with Crippen LogP contribution in [0.3, 0.4) is 0 Å². The van der Waals surface area contributed by atoms with Gasteiger partial charge in [-0.1, -0.05) is 178 Å². The highest BCUT2D eigenvalue weighted by molar-refractivity contribution is 7.25. The minimum absolute atomic E-state index is 0.0190. The Morgan fingerprint density at radius 1 is 0.356 bits per heavy atom. The van der Waals surface area contributed by atoms with Crippen molar-refractivity contribution in [1.29, 1.82) is 0 Å². The summed E-state index contributed by atoms with van der Waals surface area (Å²) in [6.07, 6.45) is 0. The standard InChI is InChI=1S/C57H41NS/c1-57(2)51-25-13-11-21-46(51)49-36-41(30-34-52(49)57)38-28-31-42(32-29-38)58(43-33-35-55-50(37-43)47-22-12-14-27-54(47)59-55)53-26-15-24-45(40-18-7-4-8-19-40)56(53)48-23-10-9-20-44(48)39-16-5-3-6-17-39/h3-37H,1-2H3. The Hall–Kier alpha value is -7.00. The highest BCUT2D eigenvalue weighted by Crippen LogP contribution is 2.51. The molecule has 1 nitrogen and oxygen atoms in total. The van der Waals surface area contributed by atoms with Crippen molar-refractivity contribution in [3.63, 3.8) is 0 Å². The Morgan fingerprint density at radius 2 is 0.932 bits per heavy atom. The van der Waals surface area contributed by atoms with Gasteiger partial charge in [0, 0.05) is 42.5 Å². The van der Waals surface area contributed by atoms with Gasteiger partial charge in [-0.25, -0.2) is 0 Å². The molecule has 1 heterocycles. The van der Waals surface area contributed by atoms with Crippen molar-refractivity contribution in [2.75, 3.05) is 4.90 Å². The Balaban J connectivity index is 1.13. The van der Waals surface area contributed by atoms with Gasteiger partial charge < -0.3 is 4.90 Å². The molecular formula is C57H41NS. The van der Waals surface area contributed by atoms with E-state index in [0.717, 1.165) is 17.1 Å². The fraction of sp³-hybridized carbons (Fsp3) is 0.0526. The first-order valence-electron chi connectivity index (χ1n) is 20.4. The van der Waals surface area contributed by atoms with Crippen LogP contribution in [0.4, 0.5) is 17.1 Å². The molecule has 0 unspecified atom stereocenters. The lowest BCUT2D eigenvalue weighted by atomic mass is 9.82. The summed E-state index contributed by atoms with van der Waals surface area (Å²) in [6, 6.07) is 78.2. The van der Waals surface area contributed by atoms with Gasteiger partial charge in [-0.05, 0) is 110 Å². The van der Waals surface area contributed by atoms with Crippen molar-refractivity contribution in [1.82, 2.24) is 0 Å². The lowest BCUT2D eigenvalue weighted by molar-refractivity contribution is 0.660. The zero-order valence-corrected chi connectivity index (χ0v) is 33.9. The van der Waals surface area contributed by atoms with Crippen LogP contribution in [-0.2, 0) is 5.41 Å². The molecule has 0 bridgehead atoms. The summed E-state index contributed by atoms with van der Waals surface area (Å²) in [7, 11) is 0. The summed E-state index contributed by atoms with van der Waals surface area (Å²) in [5.74, 6) is 0. The van der Waals surface area contributed by atoms with E-state index in [1.807, 2.05) is 11.3 Å². The third kappa shape index (κ3) is 5.91. The zero-order chi connectivity index (χ0) is 39.5. The minimum atomic E-state index is -0.0190. The number of rotatable bonds is 7. The molecule has 1 aliphatic rings. The van der Waals surface area contributed by atoms with Crippen LogP contribution in [0.25, 0.3) is 75.8 Å². The molecular weight excluding hydrogens is 731 g/mol. The van der Waals surface area contributed by atoms with E-state index in [1.54, 1.807) is 0 Å². The first-order valence-corrected chi connectivity index (χ1v) is 21.2. The molecule has 2 heteroatoms. The SMILES string of the molecule is CC1(C)c2ccccc2-c2cc(-c3ccc(N(c4ccc5sc6ccccc6c5c4)c4cccc(-c5ccccc5)c4-c4ccccc4-c4ccccc4)cc3)ccc21. The van der Waals surface area contributed by atoms with Gasteiger partial charge in [0.1, 0.15) is 0 Å². The van der Waals surface area contributed by atoms with Crippen LogP contribution in [0.15, 0.2) is 212 Å². The predicted molar refractivity (Wildman–Crippen MR) is 253 cm³/mol. The van der Waals surface area contributed by atoms with Gasteiger partial charge in [-0.15, -0.1) is 11.3 Å². The fourth-order valence-corrected chi connectivity index (χ4v) is 10.5. The van der Waals surface area contributed by atoms with Crippen LogP contribution in [0.2, 0.25) is 0 Å². The molecule has 11 rings (SSSR count). The Morgan fingerprint density at radius 3 is 1.71 bits per heavy atom. The summed E-state index contributed by atoms with van der Waals surface area (Å²) < 4.78 is 2.60. The van der Waals surface area contributed by atoms with Crippen LogP contribution >= 0.6 is 11.3 Å². The topological polar surface area (TPSA) is 3.24 Å². The summed E-state index contributed by atoms with van der Waals surface area (Å²) in [4.78, 5) is 2.47. The molecule has 0 fully saturated rings. The lowest BCUT2D eigenvalue weighted by Crippen LogP contribution is -2.14. The number of hydrogen-bond acceptors (Lipinski definition) is 2. The van der Waals surface area contributed by atoms with Gasteiger partial charge in [0.2, 0.25) is 0 Å². The van der Waals surface area contributed by atoms with E-state index < -0.39 is 0 Å². The molecule has 280 valence electrons. The van der Waals surface area contributed by atoms with Crippen molar-refractivity contribution in [2.45, 2.75) is 19.3 Å². The van der Waals surface area contributed by atoms with Crippen LogP contribution in [-0.4, -0.2) is 0 Å². The summed E-state index contributed by atoms with van der Waals surface area (Å²) >= 11 is 1.86. The number of thiophene rings is 1. The zero-order valence-electron chi connectivity index (χ0n) is 33.1. The van der Waals surface area contributed by atoms with E-state index in [1.165, 1.54) is 86.9 Å². The van der Waals surface area contributed by atoms with Gasteiger partial charge >= 0.3 is 0 Å². The minimum Gasteiger partial charge on any atom is -0.310 e. The molecule has 0 radical (unpaired) electrons. The maximum atomic E-state index is 2.47. The van der Waals surface area contributed by atoms with Crippen LogP contribution in [0.1, 0.15) is 25.0 Å². The van der Waals surface area contributed by atoms with Gasteiger partial charge in [0.05, 0.1) is 5.69 Å². The molecule has 0 atom stereocenters. The van der Waals surface area contributed by atoms with Crippen LogP contribution < -0.4 is 4.90 Å². The average molecular weight is 772 g/mol. The van der Waals surface area contributed by atoms with E-state index in [9.17, 15) is 0 Å². The highest BCUT2D eigenvalue weighted by Gasteiger charge is 2.35. The van der Waals surface area contributed by atoms with Gasteiger partial charge in [0.15, 0.2) is 0 Å². The number of benzene rings is 9. The molecule has 1 aromatic heterocycles. The molecule has 0 aliphatic heterocycles. The molecule has 0 saturated carbocycles. The second kappa shape index (κ2) is 14.1. The number of fused-ring (bicyclic) bond motifs is 6. The molecule has 10 aromatic rings. The second-order valence-corrected chi connectivity index (χ2v) is 17.2. The number of nitrogens with zero attached hydrogens (tertiary/aromatic N) is 1. The monoisotopic (exact) mass is 771 g/mol. The summed E-state index contributed by atoms with van der Waals surface area (Å²) in [5.41, 5.74) is 18.4. The van der Waals surface area contributed by atoms with Crippen molar-refractivity contribution >= 4 is 48.6 Å². The van der Waals surface area contributed by atoms with Gasteiger partial charge in [-0.2, -0.15) is 0 Å². The van der Waals surface area contributed by atoms with E-state index in [2.05, 4.69) is 231 Å². The number of hydrogen-bond donors (Lipinski definition) is 0. The largest absolute Gasteiger partial charge is 0.310 e. The molecule has 0 spiro atoms. The maximum Gasteiger partial charge on any atom is 0.0546 e.